The van der Waals surface area contributed by atoms with Crippen LogP contribution in [-0.2, 0) is 0 Å². The second kappa shape index (κ2) is 4.49. The predicted molar refractivity (Wildman–Crippen MR) is 60.6 cm³/mol. The Bertz CT molecular complexity index is 364. The minimum absolute atomic E-state index is 0.0719. The van der Waals surface area contributed by atoms with E-state index >= 15 is 0 Å². The smallest absolute Gasteiger partial charge is 0.144 e. The SMILES string of the molecule is Oc1ccc(Br)c(F)c1C1CCNCC1. The van der Waals surface area contributed by atoms with E-state index in [0.29, 0.717) is 10.0 Å². The molecule has 1 aromatic rings. The summed E-state index contributed by atoms with van der Waals surface area (Å²) < 4.78 is 14.2. The number of piperidine rings is 1. The second-order valence-electron chi connectivity index (χ2n) is 3.82. The highest BCUT2D eigenvalue weighted by molar-refractivity contribution is 9.10. The Morgan fingerprint density at radius 3 is 2.67 bits per heavy atom. The first kappa shape index (κ1) is 10.9. The van der Waals surface area contributed by atoms with Crippen molar-refractivity contribution in [2.75, 3.05) is 13.1 Å². The van der Waals surface area contributed by atoms with Crippen LogP contribution in [0.3, 0.4) is 0 Å². The number of nitrogens with one attached hydrogen (secondary N) is 1. The molecule has 0 aliphatic carbocycles. The number of aromatic hydroxyl groups is 1. The van der Waals surface area contributed by atoms with Crippen LogP contribution in [-0.4, -0.2) is 18.2 Å². The van der Waals surface area contributed by atoms with E-state index < -0.39 is 0 Å². The van der Waals surface area contributed by atoms with Gasteiger partial charge in [0.2, 0.25) is 0 Å². The monoisotopic (exact) mass is 273 g/mol. The van der Waals surface area contributed by atoms with E-state index in [1.54, 1.807) is 6.07 Å². The standard InChI is InChI=1S/C11H13BrFNO/c12-8-1-2-9(15)10(11(8)13)7-3-5-14-6-4-7/h1-2,7,14-15H,3-6H2. The van der Waals surface area contributed by atoms with Gasteiger partial charge >= 0.3 is 0 Å². The molecule has 1 aliphatic rings. The molecule has 2 N–H and O–H groups in total. The molecular formula is C11H13BrFNO. The molecule has 0 atom stereocenters. The van der Waals surface area contributed by atoms with Crippen LogP contribution in [0.15, 0.2) is 16.6 Å². The summed E-state index contributed by atoms with van der Waals surface area (Å²) in [4.78, 5) is 0. The molecule has 1 fully saturated rings. The predicted octanol–water partition coefficient (Wildman–Crippen LogP) is 2.76. The fourth-order valence-electron chi connectivity index (χ4n) is 2.06. The third-order valence-electron chi connectivity index (χ3n) is 2.86. The largest absolute Gasteiger partial charge is 0.508 e. The molecule has 15 heavy (non-hydrogen) atoms. The van der Waals surface area contributed by atoms with Crippen LogP contribution in [0.1, 0.15) is 24.3 Å². The van der Waals surface area contributed by atoms with Crippen LogP contribution >= 0.6 is 15.9 Å². The van der Waals surface area contributed by atoms with Gasteiger partial charge in [0.25, 0.3) is 0 Å². The maximum atomic E-state index is 13.8. The van der Waals surface area contributed by atoms with E-state index in [1.807, 2.05) is 0 Å². The fraction of sp³-hybridized carbons (Fsp3) is 0.455. The Balaban J connectivity index is 2.36. The van der Waals surface area contributed by atoms with Crippen molar-refractivity contribution < 1.29 is 9.50 Å². The lowest BCUT2D eigenvalue weighted by Gasteiger charge is -2.24. The average Bonchev–Trinajstić information content (AvgIpc) is 2.26. The fourth-order valence-corrected chi connectivity index (χ4v) is 2.40. The first-order chi connectivity index (χ1) is 7.20. The number of phenolic OH excluding ortho intramolecular Hbond substituents is 1. The average molecular weight is 274 g/mol. The van der Waals surface area contributed by atoms with Gasteiger partial charge < -0.3 is 10.4 Å². The van der Waals surface area contributed by atoms with Crippen LogP contribution < -0.4 is 5.32 Å². The van der Waals surface area contributed by atoms with Gasteiger partial charge in [0.05, 0.1) is 4.47 Å². The molecular weight excluding hydrogens is 261 g/mol. The molecule has 0 amide bonds. The van der Waals surface area contributed by atoms with Crippen LogP contribution in [0.4, 0.5) is 4.39 Å². The van der Waals surface area contributed by atoms with Gasteiger partial charge in [-0.25, -0.2) is 4.39 Å². The van der Waals surface area contributed by atoms with Gasteiger partial charge in [0.15, 0.2) is 0 Å². The number of halogens is 2. The van der Waals surface area contributed by atoms with Crippen LogP contribution in [0, 0.1) is 5.82 Å². The number of rotatable bonds is 1. The molecule has 1 aliphatic heterocycles. The van der Waals surface area contributed by atoms with E-state index in [2.05, 4.69) is 21.2 Å². The van der Waals surface area contributed by atoms with Crippen molar-refractivity contribution in [3.63, 3.8) is 0 Å². The summed E-state index contributed by atoms with van der Waals surface area (Å²) in [7, 11) is 0. The van der Waals surface area contributed by atoms with E-state index in [4.69, 9.17) is 0 Å². The second-order valence-corrected chi connectivity index (χ2v) is 4.67. The maximum absolute atomic E-state index is 13.8. The van der Waals surface area contributed by atoms with Crippen molar-refractivity contribution in [2.24, 2.45) is 0 Å². The van der Waals surface area contributed by atoms with Crippen LogP contribution in [0.2, 0.25) is 0 Å². The van der Waals surface area contributed by atoms with E-state index in [0.717, 1.165) is 25.9 Å². The third kappa shape index (κ3) is 2.16. The van der Waals surface area contributed by atoms with Crippen LogP contribution in [0.25, 0.3) is 0 Å². The summed E-state index contributed by atoms with van der Waals surface area (Å²) in [6.45, 7) is 1.77. The minimum atomic E-state index is -0.318. The first-order valence-electron chi connectivity index (χ1n) is 5.07. The topological polar surface area (TPSA) is 32.3 Å². The number of hydrogen-bond donors (Lipinski definition) is 2. The van der Waals surface area contributed by atoms with Crippen molar-refractivity contribution >= 4 is 15.9 Å². The lowest BCUT2D eigenvalue weighted by atomic mass is 9.89. The van der Waals surface area contributed by atoms with E-state index in [1.165, 1.54) is 6.07 Å². The zero-order valence-electron chi connectivity index (χ0n) is 8.26. The molecule has 1 aromatic carbocycles. The highest BCUT2D eigenvalue weighted by Crippen LogP contribution is 2.36. The summed E-state index contributed by atoms with van der Waals surface area (Å²) in [5.41, 5.74) is 0.464. The molecule has 0 radical (unpaired) electrons. The normalized spacial score (nSPS) is 18.0. The van der Waals surface area contributed by atoms with Gasteiger partial charge in [-0.1, -0.05) is 0 Å². The van der Waals surface area contributed by atoms with Crippen molar-refractivity contribution in [3.8, 4) is 5.75 Å². The molecule has 1 heterocycles. The van der Waals surface area contributed by atoms with Crippen molar-refractivity contribution in [1.82, 2.24) is 5.32 Å². The molecule has 0 bridgehead atoms. The highest BCUT2D eigenvalue weighted by Gasteiger charge is 2.23. The van der Waals surface area contributed by atoms with Gasteiger partial charge in [0, 0.05) is 5.56 Å². The molecule has 0 spiro atoms. The maximum Gasteiger partial charge on any atom is 0.144 e. The Morgan fingerprint density at radius 2 is 2.00 bits per heavy atom. The summed E-state index contributed by atoms with van der Waals surface area (Å²) >= 11 is 3.15. The van der Waals surface area contributed by atoms with E-state index in [9.17, 15) is 9.50 Å². The van der Waals surface area contributed by atoms with E-state index in [-0.39, 0.29) is 17.5 Å². The summed E-state index contributed by atoms with van der Waals surface area (Å²) in [6.07, 6.45) is 1.75. The Labute approximate surface area is 96.6 Å². The highest BCUT2D eigenvalue weighted by atomic mass is 79.9. The van der Waals surface area contributed by atoms with Crippen molar-refractivity contribution in [1.29, 1.82) is 0 Å². The number of phenols is 1. The van der Waals surface area contributed by atoms with Gasteiger partial charge in [-0.15, -0.1) is 0 Å². The quantitative estimate of drug-likeness (QED) is 0.825. The van der Waals surface area contributed by atoms with Gasteiger partial charge in [-0.2, -0.15) is 0 Å². The molecule has 0 unspecified atom stereocenters. The zero-order valence-corrected chi connectivity index (χ0v) is 9.85. The lowest BCUT2D eigenvalue weighted by molar-refractivity contribution is 0.408. The van der Waals surface area contributed by atoms with Gasteiger partial charge in [-0.3, -0.25) is 0 Å². The molecule has 0 saturated carbocycles. The third-order valence-corrected chi connectivity index (χ3v) is 3.47. The lowest BCUT2D eigenvalue weighted by Crippen LogP contribution is -2.27. The van der Waals surface area contributed by atoms with Crippen LogP contribution in [0.5, 0.6) is 5.75 Å². The summed E-state index contributed by atoms with van der Waals surface area (Å²) in [5.74, 6) is -0.117. The Hall–Kier alpha value is -0.610. The summed E-state index contributed by atoms with van der Waals surface area (Å²) in [6, 6.07) is 3.08. The number of hydrogen-bond acceptors (Lipinski definition) is 2. The van der Waals surface area contributed by atoms with Crippen molar-refractivity contribution in [3.05, 3.63) is 28.0 Å². The zero-order chi connectivity index (χ0) is 10.8. The summed E-state index contributed by atoms with van der Waals surface area (Å²) in [5, 5.41) is 12.9. The van der Waals surface area contributed by atoms with Gasteiger partial charge in [0.1, 0.15) is 11.6 Å². The molecule has 4 heteroatoms. The molecule has 82 valence electrons. The number of benzene rings is 1. The molecule has 2 nitrogen and oxygen atoms in total. The van der Waals surface area contributed by atoms with Gasteiger partial charge in [-0.05, 0) is 59.9 Å². The van der Waals surface area contributed by atoms with Crippen molar-refractivity contribution in [2.45, 2.75) is 18.8 Å². The Morgan fingerprint density at radius 1 is 1.33 bits per heavy atom. The first-order valence-corrected chi connectivity index (χ1v) is 5.87. The minimum Gasteiger partial charge on any atom is -0.508 e. The molecule has 2 rings (SSSR count). The Kier molecular flexibility index (Phi) is 3.26. The molecule has 0 aromatic heterocycles. The molecule has 1 saturated heterocycles.